The summed E-state index contributed by atoms with van der Waals surface area (Å²) in [5, 5.41) is 5.49. The summed E-state index contributed by atoms with van der Waals surface area (Å²) in [6.45, 7) is 2.91. The normalized spacial score (nSPS) is 13.4. The van der Waals surface area contributed by atoms with Crippen LogP contribution in [0.3, 0.4) is 0 Å². The van der Waals surface area contributed by atoms with Crippen LogP contribution < -0.4 is 10.6 Å². The number of hydrogen-bond acceptors (Lipinski definition) is 3. The van der Waals surface area contributed by atoms with Crippen molar-refractivity contribution in [3.8, 4) is 0 Å². The molecule has 0 spiro atoms. The van der Waals surface area contributed by atoms with E-state index < -0.39 is 12.8 Å². The van der Waals surface area contributed by atoms with Crippen LogP contribution in [0.5, 0.6) is 0 Å². The Kier molecular flexibility index (Phi) is 8.74. The summed E-state index contributed by atoms with van der Waals surface area (Å²) >= 11 is 0. The van der Waals surface area contributed by atoms with Gasteiger partial charge in [-0.3, -0.25) is 4.79 Å². The second-order valence-corrected chi connectivity index (χ2v) is 4.10. The Morgan fingerprint density at radius 3 is 2.61 bits per heavy atom. The number of ether oxygens (including phenoxy) is 1. The molecule has 1 amide bonds. The van der Waals surface area contributed by atoms with Gasteiger partial charge in [0.1, 0.15) is 6.61 Å². The fraction of sp³-hybridized carbons (Fsp3) is 0.909. The molecule has 0 radical (unpaired) electrons. The SMILES string of the molecule is CCCC(C)NC(=O)CNCCOCC(F)(F)F. The van der Waals surface area contributed by atoms with E-state index in [1.807, 2.05) is 13.8 Å². The molecule has 4 nitrogen and oxygen atoms in total. The van der Waals surface area contributed by atoms with Crippen LogP contribution in [0.2, 0.25) is 0 Å². The molecule has 1 atom stereocenters. The summed E-state index contributed by atoms with van der Waals surface area (Å²) in [6.07, 6.45) is -2.41. The third-order valence-electron chi connectivity index (χ3n) is 2.10. The van der Waals surface area contributed by atoms with Gasteiger partial charge < -0.3 is 15.4 Å². The van der Waals surface area contributed by atoms with Crippen LogP contribution in [0.1, 0.15) is 26.7 Å². The molecule has 0 aromatic rings. The van der Waals surface area contributed by atoms with Crippen molar-refractivity contribution in [2.45, 2.75) is 38.9 Å². The average Bonchev–Trinajstić information content (AvgIpc) is 2.21. The molecule has 0 heterocycles. The maximum Gasteiger partial charge on any atom is 0.411 e. The number of amides is 1. The van der Waals surface area contributed by atoms with E-state index in [0.29, 0.717) is 0 Å². The third kappa shape index (κ3) is 11.7. The Bertz CT molecular complexity index is 235. The van der Waals surface area contributed by atoms with E-state index in [-0.39, 0.29) is 31.6 Å². The molecule has 0 fully saturated rings. The fourth-order valence-corrected chi connectivity index (χ4v) is 1.37. The van der Waals surface area contributed by atoms with Gasteiger partial charge in [-0.2, -0.15) is 13.2 Å². The molecule has 1 unspecified atom stereocenters. The first-order chi connectivity index (χ1) is 8.35. The minimum atomic E-state index is -4.30. The van der Waals surface area contributed by atoms with Crippen LogP contribution in [-0.4, -0.2) is 44.4 Å². The summed E-state index contributed by atoms with van der Waals surface area (Å²) in [5.74, 6) is -0.160. The van der Waals surface area contributed by atoms with Crippen molar-refractivity contribution in [2.75, 3.05) is 26.3 Å². The lowest BCUT2D eigenvalue weighted by Crippen LogP contribution is -2.39. The number of halogens is 3. The lowest BCUT2D eigenvalue weighted by molar-refractivity contribution is -0.173. The molecule has 0 saturated heterocycles. The van der Waals surface area contributed by atoms with Gasteiger partial charge in [0.05, 0.1) is 13.2 Å². The zero-order valence-electron chi connectivity index (χ0n) is 10.8. The minimum absolute atomic E-state index is 0.0721. The minimum Gasteiger partial charge on any atom is -0.371 e. The van der Waals surface area contributed by atoms with Crippen molar-refractivity contribution in [2.24, 2.45) is 0 Å². The van der Waals surface area contributed by atoms with Gasteiger partial charge in [0, 0.05) is 12.6 Å². The van der Waals surface area contributed by atoms with Gasteiger partial charge in [-0.1, -0.05) is 13.3 Å². The summed E-state index contributed by atoms with van der Waals surface area (Å²) in [5.41, 5.74) is 0. The molecule has 0 bridgehead atoms. The van der Waals surface area contributed by atoms with Crippen molar-refractivity contribution in [3.05, 3.63) is 0 Å². The van der Waals surface area contributed by atoms with E-state index in [9.17, 15) is 18.0 Å². The Morgan fingerprint density at radius 1 is 1.39 bits per heavy atom. The van der Waals surface area contributed by atoms with Gasteiger partial charge >= 0.3 is 6.18 Å². The van der Waals surface area contributed by atoms with Crippen molar-refractivity contribution >= 4 is 5.91 Å². The Hall–Kier alpha value is -0.820. The lowest BCUT2D eigenvalue weighted by Gasteiger charge is -2.13. The zero-order chi connectivity index (χ0) is 14.0. The van der Waals surface area contributed by atoms with Crippen molar-refractivity contribution in [3.63, 3.8) is 0 Å². The van der Waals surface area contributed by atoms with Crippen molar-refractivity contribution < 1.29 is 22.7 Å². The lowest BCUT2D eigenvalue weighted by atomic mass is 10.2. The van der Waals surface area contributed by atoms with E-state index in [0.717, 1.165) is 12.8 Å². The summed E-state index contributed by atoms with van der Waals surface area (Å²) in [6, 6.07) is 0.116. The average molecular weight is 270 g/mol. The van der Waals surface area contributed by atoms with E-state index in [1.54, 1.807) is 0 Å². The predicted molar refractivity (Wildman–Crippen MR) is 62.3 cm³/mol. The second-order valence-electron chi connectivity index (χ2n) is 4.10. The highest BCUT2D eigenvalue weighted by atomic mass is 19.4. The largest absolute Gasteiger partial charge is 0.411 e. The highest BCUT2D eigenvalue weighted by molar-refractivity contribution is 5.78. The molecule has 0 rings (SSSR count). The van der Waals surface area contributed by atoms with Gasteiger partial charge in [0.15, 0.2) is 0 Å². The molecule has 7 heteroatoms. The van der Waals surface area contributed by atoms with Crippen molar-refractivity contribution in [1.29, 1.82) is 0 Å². The first-order valence-electron chi connectivity index (χ1n) is 5.99. The summed E-state index contributed by atoms with van der Waals surface area (Å²) in [4.78, 5) is 11.3. The Balaban J connectivity index is 3.41. The van der Waals surface area contributed by atoms with Crippen LogP contribution in [0, 0.1) is 0 Å². The maximum atomic E-state index is 11.7. The first kappa shape index (κ1) is 17.2. The van der Waals surface area contributed by atoms with Gasteiger partial charge in [-0.15, -0.1) is 0 Å². The number of carbonyl (C=O) groups excluding carboxylic acids is 1. The molecule has 2 N–H and O–H groups in total. The molecule has 0 aromatic carbocycles. The second kappa shape index (κ2) is 9.16. The third-order valence-corrected chi connectivity index (χ3v) is 2.10. The Morgan fingerprint density at radius 2 is 2.06 bits per heavy atom. The van der Waals surface area contributed by atoms with Crippen LogP contribution >= 0.6 is 0 Å². The molecule has 108 valence electrons. The predicted octanol–water partition coefficient (Wildman–Crippen LogP) is 1.46. The highest BCUT2D eigenvalue weighted by Gasteiger charge is 2.27. The monoisotopic (exact) mass is 270 g/mol. The van der Waals surface area contributed by atoms with E-state index >= 15 is 0 Å². The first-order valence-corrected chi connectivity index (χ1v) is 5.99. The molecule has 0 aliphatic heterocycles. The molecular formula is C11H21F3N2O2. The van der Waals surface area contributed by atoms with Gasteiger partial charge in [-0.25, -0.2) is 0 Å². The van der Waals surface area contributed by atoms with Crippen LogP contribution in [0.4, 0.5) is 13.2 Å². The summed E-state index contributed by atoms with van der Waals surface area (Å²) < 4.78 is 39.5. The van der Waals surface area contributed by atoms with Crippen molar-refractivity contribution in [1.82, 2.24) is 10.6 Å². The molecule has 0 aliphatic carbocycles. The zero-order valence-corrected chi connectivity index (χ0v) is 10.8. The van der Waals surface area contributed by atoms with E-state index in [1.165, 1.54) is 0 Å². The quantitative estimate of drug-likeness (QED) is 0.624. The maximum absolute atomic E-state index is 11.7. The smallest absolute Gasteiger partial charge is 0.371 e. The fourth-order valence-electron chi connectivity index (χ4n) is 1.37. The van der Waals surface area contributed by atoms with Crippen LogP contribution in [0.15, 0.2) is 0 Å². The molecule has 0 saturated carbocycles. The molecule has 18 heavy (non-hydrogen) atoms. The number of carbonyl (C=O) groups is 1. The topological polar surface area (TPSA) is 50.4 Å². The van der Waals surface area contributed by atoms with Crippen LogP contribution in [0.25, 0.3) is 0 Å². The van der Waals surface area contributed by atoms with Crippen LogP contribution in [-0.2, 0) is 9.53 Å². The van der Waals surface area contributed by atoms with Gasteiger partial charge in [-0.05, 0) is 13.3 Å². The number of nitrogens with one attached hydrogen (secondary N) is 2. The number of alkyl halides is 3. The van der Waals surface area contributed by atoms with Gasteiger partial charge in [0.25, 0.3) is 0 Å². The molecule has 0 aliphatic rings. The standard InChI is InChI=1S/C11H21F3N2O2/c1-3-4-9(2)16-10(17)7-15-5-6-18-8-11(12,13)14/h9,15H,3-8H2,1-2H3,(H,16,17). The summed E-state index contributed by atoms with van der Waals surface area (Å²) in [7, 11) is 0. The van der Waals surface area contributed by atoms with E-state index in [2.05, 4.69) is 15.4 Å². The molecule has 0 aromatic heterocycles. The number of rotatable bonds is 9. The van der Waals surface area contributed by atoms with Gasteiger partial charge in [0.2, 0.25) is 5.91 Å². The Labute approximate surface area is 105 Å². The highest BCUT2D eigenvalue weighted by Crippen LogP contribution is 2.13. The van der Waals surface area contributed by atoms with E-state index in [4.69, 9.17) is 0 Å². The molecular weight excluding hydrogens is 249 g/mol. The number of hydrogen-bond donors (Lipinski definition) is 2.